The Morgan fingerprint density at radius 2 is 2.09 bits per heavy atom. The van der Waals surface area contributed by atoms with Crippen molar-refractivity contribution in [3.8, 4) is 0 Å². The van der Waals surface area contributed by atoms with E-state index in [1.165, 1.54) is 12.3 Å². The monoisotopic (exact) mass is 318 g/mol. The van der Waals surface area contributed by atoms with Crippen molar-refractivity contribution in [2.75, 3.05) is 6.54 Å². The molecule has 2 N–H and O–H groups in total. The van der Waals surface area contributed by atoms with Gasteiger partial charge in [0.25, 0.3) is 5.69 Å². The van der Waals surface area contributed by atoms with E-state index < -0.39 is 5.60 Å². The molecule has 1 aromatic carbocycles. The lowest BCUT2D eigenvalue weighted by atomic mass is 10.0. The minimum absolute atomic E-state index is 0.108. The van der Waals surface area contributed by atoms with Crippen LogP contribution in [0.1, 0.15) is 31.6 Å². The minimum atomic E-state index is -1.09. The molecule has 0 fully saturated rings. The summed E-state index contributed by atoms with van der Waals surface area (Å²) in [6.07, 6.45) is 2.87. The molecule has 0 bridgehead atoms. The van der Waals surface area contributed by atoms with Crippen molar-refractivity contribution in [2.24, 2.45) is 0 Å². The maximum atomic E-state index is 11.0. The van der Waals surface area contributed by atoms with Crippen LogP contribution >= 0.6 is 0 Å². The third-order valence-corrected chi connectivity index (χ3v) is 3.88. The Morgan fingerprint density at radius 1 is 1.35 bits per heavy atom. The van der Waals surface area contributed by atoms with Gasteiger partial charge in [-0.1, -0.05) is 18.2 Å². The van der Waals surface area contributed by atoms with Gasteiger partial charge in [-0.15, -0.1) is 0 Å². The number of nitrogens with one attached hydrogen (secondary N) is 1. The van der Waals surface area contributed by atoms with Gasteiger partial charge < -0.3 is 14.8 Å². The van der Waals surface area contributed by atoms with Crippen LogP contribution in [0.5, 0.6) is 0 Å². The number of nitro benzene ring substituents is 1. The average Bonchev–Trinajstić information content (AvgIpc) is 3.06. The van der Waals surface area contributed by atoms with Gasteiger partial charge in [0.15, 0.2) is 0 Å². The van der Waals surface area contributed by atoms with Crippen molar-refractivity contribution in [3.63, 3.8) is 0 Å². The lowest BCUT2D eigenvalue weighted by molar-refractivity contribution is -0.385. The van der Waals surface area contributed by atoms with Crippen LogP contribution in [0.15, 0.2) is 47.1 Å². The highest BCUT2D eigenvalue weighted by Crippen LogP contribution is 2.21. The summed E-state index contributed by atoms with van der Waals surface area (Å²) in [5.41, 5.74) is -0.206. The topological polar surface area (TPSA) is 88.5 Å². The molecule has 124 valence electrons. The lowest BCUT2D eigenvalue weighted by Gasteiger charge is -2.24. The van der Waals surface area contributed by atoms with Crippen molar-refractivity contribution in [1.29, 1.82) is 0 Å². The van der Waals surface area contributed by atoms with E-state index in [4.69, 9.17) is 4.42 Å². The maximum Gasteiger partial charge on any atom is 0.272 e. The van der Waals surface area contributed by atoms with Gasteiger partial charge in [-0.25, -0.2) is 0 Å². The van der Waals surface area contributed by atoms with Crippen molar-refractivity contribution in [1.82, 2.24) is 5.32 Å². The quantitative estimate of drug-likeness (QED) is 0.577. The Balaban J connectivity index is 1.86. The molecule has 0 amide bonds. The molecular formula is C17H22N2O4. The predicted octanol–water partition coefficient (Wildman–Crippen LogP) is 3.01. The predicted molar refractivity (Wildman–Crippen MR) is 87.2 cm³/mol. The standard InChI is InChI=1S/C17H22N2O4/c1-13(18-12-17(2,20)16-8-5-11-23-16)9-10-14-6-3-4-7-15(14)19(21)22/h3-8,11,13,18,20H,9-10,12H2,1-2H3. The molecule has 0 aliphatic heterocycles. The number of benzene rings is 1. The van der Waals surface area contributed by atoms with E-state index in [1.54, 1.807) is 31.2 Å². The fraction of sp³-hybridized carbons (Fsp3) is 0.412. The highest BCUT2D eigenvalue weighted by molar-refractivity contribution is 5.39. The summed E-state index contributed by atoms with van der Waals surface area (Å²) in [4.78, 5) is 10.6. The summed E-state index contributed by atoms with van der Waals surface area (Å²) in [5, 5.41) is 24.6. The smallest absolute Gasteiger partial charge is 0.272 e. The molecule has 2 aromatic rings. The average molecular weight is 318 g/mol. The van der Waals surface area contributed by atoms with Crippen molar-refractivity contribution >= 4 is 5.69 Å². The van der Waals surface area contributed by atoms with Crippen LogP contribution in [0.25, 0.3) is 0 Å². The van der Waals surface area contributed by atoms with Crippen LogP contribution in [0.3, 0.4) is 0 Å². The largest absolute Gasteiger partial charge is 0.466 e. The third kappa shape index (κ3) is 4.64. The van der Waals surface area contributed by atoms with Gasteiger partial charge in [0.1, 0.15) is 11.4 Å². The molecule has 0 radical (unpaired) electrons. The highest BCUT2D eigenvalue weighted by Gasteiger charge is 2.26. The summed E-state index contributed by atoms with van der Waals surface area (Å²) in [7, 11) is 0. The van der Waals surface area contributed by atoms with E-state index in [2.05, 4.69) is 5.32 Å². The molecule has 1 aromatic heterocycles. The molecule has 0 aliphatic rings. The number of furan rings is 1. The maximum absolute atomic E-state index is 11.0. The number of nitro groups is 1. The summed E-state index contributed by atoms with van der Waals surface area (Å²) < 4.78 is 5.24. The fourth-order valence-corrected chi connectivity index (χ4v) is 2.42. The van der Waals surface area contributed by atoms with Crippen LogP contribution < -0.4 is 5.32 Å². The zero-order valence-electron chi connectivity index (χ0n) is 13.4. The van der Waals surface area contributed by atoms with Gasteiger partial charge >= 0.3 is 0 Å². The molecule has 2 unspecified atom stereocenters. The van der Waals surface area contributed by atoms with E-state index in [0.29, 0.717) is 18.7 Å². The van der Waals surface area contributed by atoms with Gasteiger partial charge in [0.2, 0.25) is 0 Å². The molecule has 0 saturated heterocycles. The molecule has 0 aliphatic carbocycles. The van der Waals surface area contributed by atoms with Crippen molar-refractivity contribution < 1.29 is 14.4 Å². The normalized spacial score (nSPS) is 15.1. The first-order chi connectivity index (χ1) is 10.9. The zero-order valence-corrected chi connectivity index (χ0v) is 13.4. The first-order valence-corrected chi connectivity index (χ1v) is 7.62. The van der Waals surface area contributed by atoms with Crippen molar-refractivity contribution in [2.45, 2.75) is 38.3 Å². The van der Waals surface area contributed by atoms with Crippen LogP contribution in [-0.4, -0.2) is 22.6 Å². The van der Waals surface area contributed by atoms with Crippen LogP contribution in [0.2, 0.25) is 0 Å². The second-order valence-electron chi connectivity index (χ2n) is 5.96. The Kier molecular flexibility index (Phi) is 5.52. The van der Waals surface area contributed by atoms with E-state index in [9.17, 15) is 15.2 Å². The molecule has 2 rings (SSSR count). The summed E-state index contributed by atoms with van der Waals surface area (Å²) in [6.45, 7) is 4.03. The van der Waals surface area contributed by atoms with Crippen LogP contribution in [-0.2, 0) is 12.0 Å². The fourth-order valence-electron chi connectivity index (χ4n) is 2.42. The molecule has 0 spiro atoms. The Hall–Kier alpha value is -2.18. The van der Waals surface area contributed by atoms with Crippen LogP contribution in [0, 0.1) is 10.1 Å². The molecular weight excluding hydrogens is 296 g/mol. The first kappa shape index (κ1) is 17.2. The second-order valence-corrected chi connectivity index (χ2v) is 5.96. The van der Waals surface area contributed by atoms with Crippen molar-refractivity contribution in [3.05, 3.63) is 64.1 Å². The van der Waals surface area contributed by atoms with Gasteiger partial charge in [0, 0.05) is 24.2 Å². The third-order valence-electron chi connectivity index (χ3n) is 3.88. The Bertz CT molecular complexity index is 638. The van der Waals surface area contributed by atoms with E-state index in [-0.39, 0.29) is 16.7 Å². The Morgan fingerprint density at radius 3 is 2.74 bits per heavy atom. The SMILES string of the molecule is CC(CCc1ccccc1[N+](=O)[O-])NCC(C)(O)c1ccco1. The summed E-state index contributed by atoms with van der Waals surface area (Å²) in [6, 6.07) is 10.4. The molecule has 2 atom stereocenters. The van der Waals surface area contributed by atoms with Gasteiger partial charge in [-0.3, -0.25) is 10.1 Å². The molecule has 6 heteroatoms. The number of rotatable bonds is 8. The van der Waals surface area contributed by atoms with E-state index in [1.807, 2.05) is 13.0 Å². The molecule has 0 saturated carbocycles. The second kappa shape index (κ2) is 7.39. The Labute approximate surface area is 135 Å². The van der Waals surface area contributed by atoms with Crippen LogP contribution in [0.4, 0.5) is 5.69 Å². The van der Waals surface area contributed by atoms with Gasteiger partial charge in [-0.05, 0) is 38.8 Å². The number of nitrogens with zero attached hydrogens (tertiary/aromatic N) is 1. The zero-order chi connectivity index (χ0) is 16.9. The van der Waals surface area contributed by atoms with Gasteiger partial charge in [0.05, 0.1) is 11.2 Å². The lowest BCUT2D eigenvalue weighted by Crippen LogP contribution is -2.39. The molecule has 1 heterocycles. The number of para-hydroxylation sites is 1. The summed E-state index contributed by atoms with van der Waals surface area (Å²) >= 11 is 0. The van der Waals surface area contributed by atoms with E-state index in [0.717, 1.165) is 12.0 Å². The summed E-state index contributed by atoms with van der Waals surface area (Å²) in [5.74, 6) is 0.510. The first-order valence-electron chi connectivity index (χ1n) is 7.62. The minimum Gasteiger partial charge on any atom is -0.466 e. The van der Waals surface area contributed by atoms with Gasteiger partial charge in [-0.2, -0.15) is 0 Å². The number of aliphatic hydroxyl groups is 1. The molecule has 23 heavy (non-hydrogen) atoms. The number of hydrogen-bond acceptors (Lipinski definition) is 5. The number of aryl methyl sites for hydroxylation is 1. The number of hydrogen-bond donors (Lipinski definition) is 2. The molecule has 6 nitrogen and oxygen atoms in total. The van der Waals surface area contributed by atoms with E-state index >= 15 is 0 Å². The highest BCUT2D eigenvalue weighted by atomic mass is 16.6.